The van der Waals surface area contributed by atoms with Gasteiger partial charge in [0.05, 0.1) is 0 Å². The Morgan fingerprint density at radius 3 is 3.06 bits per heavy atom. The van der Waals surface area contributed by atoms with Crippen LogP contribution < -0.4 is 10.2 Å². The molecule has 18 heavy (non-hydrogen) atoms. The highest BCUT2D eigenvalue weighted by Crippen LogP contribution is 2.22. The molecule has 100 valence electrons. The van der Waals surface area contributed by atoms with Gasteiger partial charge in [0, 0.05) is 29.3 Å². The predicted molar refractivity (Wildman–Crippen MR) is 82.2 cm³/mol. The lowest BCUT2D eigenvalue weighted by atomic mass is 9.99. The molecule has 0 aromatic heterocycles. The summed E-state index contributed by atoms with van der Waals surface area (Å²) >= 11 is 3.56. The van der Waals surface area contributed by atoms with E-state index in [0.717, 1.165) is 30.0 Å². The lowest BCUT2D eigenvalue weighted by Gasteiger charge is -2.29. The number of hydrogen-bond donors (Lipinski definition) is 1. The Balaban J connectivity index is 2.11. The highest BCUT2D eigenvalue weighted by molar-refractivity contribution is 9.10. The van der Waals surface area contributed by atoms with E-state index in [1.807, 2.05) is 0 Å². The second-order valence-electron chi connectivity index (χ2n) is 5.23. The van der Waals surface area contributed by atoms with E-state index in [9.17, 15) is 0 Å². The molecule has 0 aliphatic carbocycles. The van der Waals surface area contributed by atoms with Crippen molar-refractivity contribution in [2.45, 2.75) is 32.7 Å². The van der Waals surface area contributed by atoms with Gasteiger partial charge in [0.25, 0.3) is 0 Å². The van der Waals surface area contributed by atoms with Gasteiger partial charge in [0.2, 0.25) is 0 Å². The van der Waals surface area contributed by atoms with Crippen molar-refractivity contribution in [3.63, 3.8) is 0 Å². The van der Waals surface area contributed by atoms with Crippen molar-refractivity contribution < 1.29 is 0 Å². The maximum atomic E-state index is 3.69. The van der Waals surface area contributed by atoms with E-state index in [2.05, 4.69) is 64.3 Å². The zero-order chi connectivity index (χ0) is 13.0. The molecule has 0 saturated carbocycles. The molecule has 1 N–H and O–H groups in total. The Bertz CT molecular complexity index is 381. The molecule has 1 saturated heterocycles. The van der Waals surface area contributed by atoms with Crippen LogP contribution in [-0.2, 0) is 0 Å². The van der Waals surface area contributed by atoms with Crippen LogP contribution in [0.15, 0.2) is 28.7 Å². The molecule has 2 nitrogen and oxygen atoms in total. The van der Waals surface area contributed by atoms with Gasteiger partial charge in [0.1, 0.15) is 0 Å². The summed E-state index contributed by atoms with van der Waals surface area (Å²) < 4.78 is 1.16. The van der Waals surface area contributed by atoms with E-state index < -0.39 is 0 Å². The average molecular weight is 311 g/mol. The first-order valence-corrected chi connectivity index (χ1v) is 7.74. The summed E-state index contributed by atoms with van der Waals surface area (Å²) in [6.45, 7) is 8.03. The number of rotatable bonds is 3. The fourth-order valence-electron chi connectivity index (χ4n) is 2.52. The van der Waals surface area contributed by atoms with Gasteiger partial charge < -0.3 is 10.2 Å². The third-order valence-electron chi connectivity index (χ3n) is 3.93. The number of benzene rings is 1. The number of nitrogens with one attached hydrogen (secondary N) is 1. The minimum Gasteiger partial charge on any atom is -0.370 e. The number of nitrogens with zero attached hydrogens (tertiary/aromatic N) is 1. The summed E-state index contributed by atoms with van der Waals surface area (Å²) in [6, 6.07) is 9.25. The number of hydrogen-bond acceptors (Lipinski definition) is 2. The zero-order valence-electron chi connectivity index (χ0n) is 11.3. The third-order valence-corrected chi connectivity index (χ3v) is 4.43. The molecule has 2 unspecified atom stereocenters. The van der Waals surface area contributed by atoms with Crippen LogP contribution in [0.5, 0.6) is 0 Å². The first kappa shape index (κ1) is 13.9. The average Bonchev–Trinajstić information content (AvgIpc) is 2.63. The molecule has 1 heterocycles. The summed E-state index contributed by atoms with van der Waals surface area (Å²) in [5.74, 6) is 0.734. The molecule has 0 spiro atoms. The topological polar surface area (TPSA) is 15.3 Å². The van der Waals surface area contributed by atoms with Crippen LogP contribution in [0, 0.1) is 5.92 Å². The van der Waals surface area contributed by atoms with Crippen LogP contribution in [0.1, 0.15) is 26.7 Å². The standard InChI is InChI=1S/C15H23BrN2/c1-3-12(2)15-11-18(9-5-8-17-15)14-7-4-6-13(16)10-14/h4,6-7,10,12,15,17H,3,5,8-9,11H2,1-2H3. The summed E-state index contributed by atoms with van der Waals surface area (Å²) in [6.07, 6.45) is 2.46. The summed E-state index contributed by atoms with van der Waals surface area (Å²) in [5.41, 5.74) is 1.33. The van der Waals surface area contributed by atoms with Crippen LogP contribution >= 0.6 is 15.9 Å². The van der Waals surface area contributed by atoms with Gasteiger partial charge in [-0.3, -0.25) is 0 Å². The minimum absolute atomic E-state index is 0.608. The van der Waals surface area contributed by atoms with Gasteiger partial charge in [-0.05, 0) is 37.1 Å². The normalized spacial score (nSPS) is 22.6. The van der Waals surface area contributed by atoms with E-state index in [1.165, 1.54) is 18.5 Å². The zero-order valence-corrected chi connectivity index (χ0v) is 12.9. The molecule has 0 bridgehead atoms. The van der Waals surface area contributed by atoms with Crippen LogP contribution in [0.25, 0.3) is 0 Å². The molecule has 1 aromatic rings. The smallest absolute Gasteiger partial charge is 0.0378 e. The Morgan fingerprint density at radius 2 is 2.33 bits per heavy atom. The van der Waals surface area contributed by atoms with Gasteiger partial charge in [0.15, 0.2) is 0 Å². The van der Waals surface area contributed by atoms with Crippen molar-refractivity contribution >= 4 is 21.6 Å². The summed E-state index contributed by atoms with van der Waals surface area (Å²) in [7, 11) is 0. The van der Waals surface area contributed by atoms with Crippen molar-refractivity contribution in [3.8, 4) is 0 Å². The molecule has 0 radical (unpaired) electrons. The van der Waals surface area contributed by atoms with E-state index >= 15 is 0 Å². The molecule has 1 aliphatic rings. The Morgan fingerprint density at radius 1 is 1.50 bits per heavy atom. The highest BCUT2D eigenvalue weighted by atomic mass is 79.9. The monoisotopic (exact) mass is 310 g/mol. The van der Waals surface area contributed by atoms with Crippen molar-refractivity contribution in [2.24, 2.45) is 5.92 Å². The quantitative estimate of drug-likeness (QED) is 0.916. The summed E-state index contributed by atoms with van der Waals surface area (Å²) in [4.78, 5) is 2.52. The van der Waals surface area contributed by atoms with Gasteiger partial charge in [-0.1, -0.05) is 42.3 Å². The predicted octanol–water partition coefficient (Wildman–Crippen LogP) is 3.66. The van der Waals surface area contributed by atoms with E-state index in [-0.39, 0.29) is 0 Å². The lowest BCUT2D eigenvalue weighted by Crippen LogP contribution is -2.42. The largest absolute Gasteiger partial charge is 0.370 e. The lowest BCUT2D eigenvalue weighted by molar-refractivity contribution is 0.384. The van der Waals surface area contributed by atoms with Crippen LogP contribution in [-0.4, -0.2) is 25.7 Å². The van der Waals surface area contributed by atoms with Crippen LogP contribution in [0.4, 0.5) is 5.69 Å². The third kappa shape index (κ3) is 3.48. The fraction of sp³-hybridized carbons (Fsp3) is 0.600. The Hall–Kier alpha value is -0.540. The molecule has 2 rings (SSSR count). The van der Waals surface area contributed by atoms with Gasteiger partial charge in [-0.2, -0.15) is 0 Å². The first-order chi connectivity index (χ1) is 8.70. The molecule has 0 amide bonds. The van der Waals surface area contributed by atoms with E-state index in [1.54, 1.807) is 0 Å². The number of halogens is 1. The molecular formula is C15H23BrN2. The van der Waals surface area contributed by atoms with Crippen molar-refractivity contribution in [3.05, 3.63) is 28.7 Å². The number of anilines is 1. The minimum atomic E-state index is 0.608. The van der Waals surface area contributed by atoms with Crippen molar-refractivity contribution in [1.82, 2.24) is 5.32 Å². The fourth-order valence-corrected chi connectivity index (χ4v) is 2.91. The highest BCUT2D eigenvalue weighted by Gasteiger charge is 2.21. The molecule has 1 aliphatic heterocycles. The van der Waals surface area contributed by atoms with Gasteiger partial charge in [-0.15, -0.1) is 0 Å². The molecule has 2 atom stereocenters. The maximum absolute atomic E-state index is 3.69. The van der Waals surface area contributed by atoms with Crippen LogP contribution in [0.3, 0.4) is 0 Å². The molecule has 1 fully saturated rings. The van der Waals surface area contributed by atoms with Gasteiger partial charge in [-0.25, -0.2) is 0 Å². The second-order valence-corrected chi connectivity index (χ2v) is 6.14. The van der Waals surface area contributed by atoms with E-state index in [4.69, 9.17) is 0 Å². The Kier molecular flexibility index (Phi) is 5.07. The van der Waals surface area contributed by atoms with E-state index in [0.29, 0.717) is 6.04 Å². The SMILES string of the molecule is CCC(C)C1CN(c2cccc(Br)c2)CCCN1. The van der Waals surface area contributed by atoms with Gasteiger partial charge >= 0.3 is 0 Å². The molecular weight excluding hydrogens is 288 g/mol. The molecule has 1 aromatic carbocycles. The Labute approximate surface area is 119 Å². The molecule has 3 heteroatoms. The summed E-state index contributed by atoms with van der Waals surface area (Å²) in [5, 5.41) is 3.69. The van der Waals surface area contributed by atoms with Crippen molar-refractivity contribution in [2.75, 3.05) is 24.5 Å². The second kappa shape index (κ2) is 6.58. The van der Waals surface area contributed by atoms with Crippen LogP contribution in [0.2, 0.25) is 0 Å². The maximum Gasteiger partial charge on any atom is 0.0378 e. The first-order valence-electron chi connectivity index (χ1n) is 6.94. The van der Waals surface area contributed by atoms with Crippen molar-refractivity contribution in [1.29, 1.82) is 0 Å².